The number of hydrogen-bond acceptors (Lipinski definition) is 3. The molecular weight excluding hydrogens is 277 g/mol. The highest BCUT2D eigenvalue weighted by Gasteiger charge is 2.20. The highest BCUT2D eigenvalue weighted by atomic mass is 35.5. The molecule has 1 N–H and O–H groups in total. The topological polar surface area (TPSA) is 49.8 Å². The lowest BCUT2D eigenvalue weighted by atomic mass is 10.2. The van der Waals surface area contributed by atoms with Crippen LogP contribution in [-0.2, 0) is 4.74 Å². The maximum Gasteiger partial charge on any atom is 0.256 e. The van der Waals surface area contributed by atoms with Gasteiger partial charge < -0.3 is 14.7 Å². The van der Waals surface area contributed by atoms with Crippen molar-refractivity contribution >= 4 is 29.1 Å². The molecule has 0 spiro atoms. The van der Waals surface area contributed by atoms with Crippen molar-refractivity contribution in [1.82, 2.24) is 4.90 Å². The summed E-state index contributed by atoms with van der Waals surface area (Å²) in [5.41, 5.74) is 0.243. The van der Waals surface area contributed by atoms with Gasteiger partial charge in [-0.3, -0.25) is 4.79 Å². The first kappa shape index (κ1) is 15.2. The monoisotopic (exact) mass is 291 g/mol. The largest absolute Gasteiger partial charge is 0.389 e. The fourth-order valence-corrected chi connectivity index (χ4v) is 2.10. The molecule has 0 bridgehead atoms. The number of rotatable bonds is 5. The molecule has 18 heavy (non-hydrogen) atoms. The van der Waals surface area contributed by atoms with E-state index in [1.165, 1.54) is 12.0 Å². The molecule has 0 aliphatic carbocycles. The molecule has 1 rings (SSSR count). The Morgan fingerprint density at radius 2 is 2.00 bits per heavy atom. The van der Waals surface area contributed by atoms with E-state index in [2.05, 4.69) is 0 Å². The standard InChI is InChI=1S/C12H15Cl2NO3/c1-15(6-8(16)7-18-2)12(17)11-9(13)4-3-5-10(11)14/h3-5,8,16H,6-7H2,1-2H3. The maximum absolute atomic E-state index is 12.1. The number of benzene rings is 1. The first-order valence-corrected chi connectivity index (χ1v) is 6.09. The quantitative estimate of drug-likeness (QED) is 0.904. The number of halogens is 2. The number of aliphatic hydroxyl groups is 1. The highest BCUT2D eigenvalue weighted by Crippen LogP contribution is 2.25. The van der Waals surface area contributed by atoms with Gasteiger partial charge >= 0.3 is 0 Å². The zero-order chi connectivity index (χ0) is 13.7. The number of carbonyl (C=O) groups excluding carboxylic acids is 1. The third-order valence-corrected chi connectivity index (χ3v) is 3.00. The zero-order valence-electron chi connectivity index (χ0n) is 10.2. The van der Waals surface area contributed by atoms with E-state index in [4.69, 9.17) is 27.9 Å². The molecule has 1 amide bonds. The molecular formula is C12H15Cl2NO3. The van der Waals surface area contributed by atoms with Crippen LogP contribution in [0.5, 0.6) is 0 Å². The van der Waals surface area contributed by atoms with E-state index in [0.717, 1.165) is 0 Å². The van der Waals surface area contributed by atoms with Crippen LogP contribution in [0.2, 0.25) is 10.0 Å². The summed E-state index contributed by atoms with van der Waals surface area (Å²) in [6, 6.07) is 4.86. The van der Waals surface area contributed by atoms with Crippen molar-refractivity contribution in [3.05, 3.63) is 33.8 Å². The fourth-order valence-electron chi connectivity index (χ4n) is 1.54. The van der Waals surface area contributed by atoms with Crippen LogP contribution in [-0.4, -0.2) is 49.3 Å². The van der Waals surface area contributed by atoms with Crippen LogP contribution >= 0.6 is 23.2 Å². The smallest absolute Gasteiger partial charge is 0.256 e. The molecule has 0 aliphatic heterocycles. The Morgan fingerprint density at radius 1 is 1.44 bits per heavy atom. The van der Waals surface area contributed by atoms with Crippen LogP contribution in [0.4, 0.5) is 0 Å². The van der Waals surface area contributed by atoms with Crippen LogP contribution in [0, 0.1) is 0 Å². The molecule has 4 nitrogen and oxygen atoms in total. The molecule has 0 aliphatic rings. The molecule has 1 atom stereocenters. The number of amides is 1. The molecule has 0 radical (unpaired) electrons. The molecule has 0 aromatic heterocycles. The Hall–Kier alpha value is -0.810. The Labute approximate surface area is 116 Å². The van der Waals surface area contributed by atoms with Crippen molar-refractivity contribution in [2.45, 2.75) is 6.10 Å². The third kappa shape index (κ3) is 3.85. The van der Waals surface area contributed by atoms with Gasteiger partial charge in [-0.15, -0.1) is 0 Å². The first-order chi connectivity index (χ1) is 8.47. The van der Waals surface area contributed by atoms with Gasteiger partial charge in [0.2, 0.25) is 0 Å². The lowest BCUT2D eigenvalue weighted by Crippen LogP contribution is -2.36. The summed E-state index contributed by atoms with van der Waals surface area (Å²) >= 11 is 11.9. The molecule has 0 fully saturated rings. The molecule has 1 aromatic rings. The second-order valence-corrected chi connectivity index (χ2v) is 4.71. The molecule has 1 aromatic carbocycles. The second-order valence-electron chi connectivity index (χ2n) is 3.89. The van der Waals surface area contributed by atoms with E-state index in [0.29, 0.717) is 10.0 Å². The zero-order valence-corrected chi connectivity index (χ0v) is 11.7. The van der Waals surface area contributed by atoms with Crippen molar-refractivity contribution < 1.29 is 14.6 Å². The van der Waals surface area contributed by atoms with E-state index < -0.39 is 6.10 Å². The van der Waals surface area contributed by atoms with Gasteiger partial charge in [-0.1, -0.05) is 29.3 Å². The minimum absolute atomic E-state index is 0.147. The summed E-state index contributed by atoms with van der Waals surface area (Å²) in [6.45, 7) is 0.308. The van der Waals surface area contributed by atoms with E-state index in [1.807, 2.05) is 0 Å². The van der Waals surface area contributed by atoms with Gasteiger partial charge in [-0.05, 0) is 12.1 Å². The van der Waals surface area contributed by atoms with Gasteiger partial charge in [0.1, 0.15) is 0 Å². The summed E-state index contributed by atoms with van der Waals surface area (Å²) in [6.07, 6.45) is -0.745. The number of ether oxygens (including phenoxy) is 1. The summed E-state index contributed by atoms with van der Waals surface area (Å²) in [5.74, 6) is -0.333. The summed E-state index contributed by atoms with van der Waals surface area (Å²) in [7, 11) is 3.05. The normalized spacial score (nSPS) is 12.3. The Kier molecular flexibility index (Phi) is 5.88. The van der Waals surface area contributed by atoms with Crippen molar-refractivity contribution in [3.63, 3.8) is 0 Å². The van der Waals surface area contributed by atoms with Crippen LogP contribution in [0.1, 0.15) is 10.4 Å². The SMILES string of the molecule is COCC(O)CN(C)C(=O)c1c(Cl)cccc1Cl. The third-order valence-electron chi connectivity index (χ3n) is 2.37. The van der Waals surface area contributed by atoms with Gasteiger partial charge in [0, 0.05) is 20.7 Å². The second kappa shape index (κ2) is 6.95. The molecule has 0 saturated heterocycles. The predicted octanol–water partition coefficient (Wildman–Crippen LogP) is 2.07. The number of nitrogens with zero attached hydrogens (tertiary/aromatic N) is 1. The van der Waals surface area contributed by atoms with Crippen LogP contribution < -0.4 is 0 Å². The summed E-state index contributed by atoms with van der Waals surface area (Å²) < 4.78 is 4.80. The van der Waals surface area contributed by atoms with Gasteiger partial charge in [-0.2, -0.15) is 0 Å². The number of aliphatic hydroxyl groups excluding tert-OH is 1. The van der Waals surface area contributed by atoms with Gasteiger partial charge in [0.25, 0.3) is 5.91 Å². The van der Waals surface area contributed by atoms with Gasteiger partial charge in [0.15, 0.2) is 0 Å². The van der Waals surface area contributed by atoms with Gasteiger partial charge in [0.05, 0.1) is 28.3 Å². The number of carbonyl (C=O) groups is 1. The minimum Gasteiger partial charge on any atom is -0.389 e. The lowest BCUT2D eigenvalue weighted by molar-refractivity contribution is 0.0380. The molecule has 0 saturated carbocycles. The van der Waals surface area contributed by atoms with Crippen LogP contribution in [0.15, 0.2) is 18.2 Å². The first-order valence-electron chi connectivity index (χ1n) is 5.33. The number of likely N-dealkylation sites (N-methyl/N-ethyl adjacent to an activating group) is 1. The van der Waals surface area contributed by atoms with Crippen molar-refractivity contribution in [2.24, 2.45) is 0 Å². The highest BCUT2D eigenvalue weighted by molar-refractivity contribution is 6.39. The number of hydrogen-bond donors (Lipinski definition) is 1. The maximum atomic E-state index is 12.1. The average molecular weight is 292 g/mol. The molecule has 6 heteroatoms. The molecule has 100 valence electrons. The minimum atomic E-state index is -0.745. The molecule has 1 unspecified atom stereocenters. The Bertz CT molecular complexity index is 406. The Balaban J connectivity index is 2.81. The van der Waals surface area contributed by atoms with Crippen molar-refractivity contribution in [2.75, 3.05) is 27.3 Å². The lowest BCUT2D eigenvalue weighted by Gasteiger charge is -2.21. The summed E-state index contributed by atoms with van der Waals surface area (Å²) in [4.78, 5) is 13.5. The van der Waals surface area contributed by atoms with Gasteiger partial charge in [-0.25, -0.2) is 0 Å². The fraction of sp³-hybridized carbons (Fsp3) is 0.417. The van der Waals surface area contributed by atoms with Crippen LogP contribution in [0.25, 0.3) is 0 Å². The van der Waals surface area contributed by atoms with Crippen LogP contribution in [0.3, 0.4) is 0 Å². The van der Waals surface area contributed by atoms with E-state index >= 15 is 0 Å². The predicted molar refractivity (Wildman–Crippen MR) is 71.3 cm³/mol. The summed E-state index contributed by atoms with van der Waals surface area (Å²) in [5, 5.41) is 10.2. The van der Waals surface area contributed by atoms with E-state index in [1.54, 1.807) is 25.2 Å². The Morgan fingerprint density at radius 3 is 2.50 bits per heavy atom. The number of methoxy groups -OCH3 is 1. The van der Waals surface area contributed by atoms with Crippen molar-refractivity contribution in [3.8, 4) is 0 Å². The van der Waals surface area contributed by atoms with Crippen molar-refractivity contribution in [1.29, 1.82) is 0 Å². The van der Waals surface area contributed by atoms with E-state index in [-0.39, 0.29) is 24.6 Å². The molecule has 0 heterocycles. The van der Waals surface area contributed by atoms with E-state index in [9.17, 15) is 9.90 Å². The average Bonchev–Trinajstić information content (AvgIpc) is 2.28.